The summed E-state index contributed by atoms with van der Waals surface area (Å²) in [5.41, 5.74) is 0.400. The summed E-state index contributed by atoms with van der Waals surface area (Å²) in [6.45, 7) is 0. The summed E-state index contributed by atoms with van der Waals surface area (Å²) in [6, 6.07) is 3.04. The first kappa shape index (κ1) is 6.61. The van der Waals surface area contributed by atoms with Crippen LogP contribution in [0.2, 0.25) is 5.02 Å². The predicted octanol–water partition coefficient (Wildman–Crippen LogP) is 2.13. The Morgan fingerprint density at radius 3 is 3.09 bits per heavy atom. The second-order valence-corrected chi connectivity index (χ2v) is 2.55. The lowest BCUT2D eigenvalue weighted by atomic mass is 10.4. The summed E-state index contributed by atoms with van der Waals surface area (Å²) in [6.07, 6.45) is 3.13. The van der Waals surface area contributed by atoms with Crippen molar-refractivity contribution in [2.24, 2.45) is 0 Å². The number of nitrogens with zero attached hydrogens (tertiary/aromatic N) is 2. The molecule has 0 saturated carbocycles. The third-order valence-electron chi connectivity index (χ3n) is 1.47. The molecule has 2 nitrogen and oxygen atoms in total. The first-order valence-corrected chi connectivity index (χ1v) is 3.44. The SMILES string of the molecule is Fc1c(Cl)ccn2nccc12. The summed E-state index contributed by atoms with van der Waals surface area (Å²) in [7, 11) is 0. The van der Waals surface area contributed by atoms with Crippen molar-refractivity contribution in [1.29, 1.82) is 0 Å². The lowest BCUT2D eigenvalue weighted by Gasteiger charge is -1.95. The van der Waals surface area contributed by atoms with Crippen molar-refractivity contribution < 1.29 is 4.39 Å². The van der Waals surface area contributed by atoms with Gasteiger partial charge in [-0.3, -0.25) is 0 Å². The zero-order valence-electron chi connectivity index (χ0n) is 5.46. The molecule has 0 aliphatic carbocycles. The molecule has 0 bridgehead atoms. The van der Waals surface area contributed by atoms with E-state index in [2.05, 4.69) is 5.10 Å². The average molecular weight is 171 g/mol. The molecule has 0 unspecified atom stereocenters. The maximum Gasteiger partial charge on any atom is 0.167 e. The van der Waals surface area contributed by atoms with Crippen LogP contribution in [0.25, 0.3) is 5.52 Å². The van der Waals surface area contributed by atoms with Crippen LogP contribution in [0.1, 0.15) is 0 Å². The number of fused-ring (bicyclic) bond motifs is 1. The molecule has 0 spiro atoms. The molecule has 0 aromatic carbocycles. The third-order valence-corrected chi connectivity index (χ3v) is 1.76. The highest BCUT2D eigenvalue weighted by Crippen LogP contribution is 2.17. The molecule has 0 N–H and O–H groups in total. The van der Waals surface area contributed by atoms with Crippen LogP contribution in [0.15, 0.2) is 24.5 Å². The number of halogens is 2. The fraction of sp³-hybridized carbons (Fsp3) is 0. The van der Waals surface area contributed by atoms with E-state index in [4.69, 9.17) is 11.6 Å². The van der Waals surface area contributed by atoms with Gasteiger partial charge in [-0.15, -0.1) is 0 Å². The van der Waals surface area contributed by atoms with Crippen LogP contribution in [0, 0.1) is 5.82 Å². The minimum Gasteiger partial charge on any atom is -0.238 e. The van der Waals surface area contributed by atoms with Crippen LogP contribution in [-0.4, -0.2) is 9.61 Å². The highest BCUT2D eigenvalue weighted by molar-refractivity contribution is 6.31. The molecule has 4 heteroatoms. The molecule has 0 amide bonds. The van der Waals surface area contributed by atoms with Crippen LogP contribution in [0.5, 0.6) is 0 Å². The minimum atomic E-state index is -0.424. The highest BCUT2D eigenvalue weighted by atomic mass is 35.5. The summed E-state index contributed by atoms with van der Waals surface area (Å²) in [5.74, 6) is -0.424. The average Bonchev–Trinajstić information content (AvgIpc) is 2.45. The number of hydrogen-bond donors (Lipinski definition) is 0. The summed E-state index contributed by atoms with van der Waals surface area (Å²) >= 11 is 5.53. The van der Waals surface area contributed by atoms with Crippen molar-refractivity contribution in [3.63, 3.8) is 0 Å². The second-order valence-electron chi connectivity index (χ2n) is 2.14. The van der Waals surface area contributed by atoms with Crippen LogP contribution >= 0.6 is 11.6 Å². The molecule has 0 aliphatic heterocycles. The molecule has 2 aromatic heterocycles. The Morgan fingerprint density at radius 1 is 1.45 bits per heavy atom. The maximum absolute atomic E-state index is 13.0. The molecule has 0 saturated heterocycles. The van der Waals surface area contributed by atoms with E-state index < -0.39 is 5.82 Å². The van der Waals surface area contributed by atoms with Gasteiger partial charge in [0.05, 0.1) is 11.2 Å². The molecule has 0 radical (unpaired) electrons. The lowest BCUT2D eigenvalue weighted by Crippen LogP contribution is -1.88. The fourth-order valence-corrected chi connectivity index (χ4v) is 1.09. The first-order valence-electron chi connectivity index (χ1n) is 3.06. The van der Waals surface area contributed by atoms with E-state index >= 15 is 0 Å². The summed E-state index contributed by atoms with van der Waals surface area (Å²) in [4.78, 5) is 0. The van der Waals surface area contributed by atoms with E-state index in [0.717, 1.165) is 0 Å². The molecule has 2 aromatic rings. The maximum atomic E-state index is 13.0. The Balaban J connectivity index is 2.93. The lowest BCUT2D eigenvalue weighted by molar-refractivity contribution is 0.631. The minimum absolute atomic E-state index is 0.123. The number of pyridine rings is 1. The van der Waals surface area contributed by atoms with Gasteiger partial charge in [0.25, 0.3) is 0 Å². The molecule has 0 atom stereocenters. The first-order chi connectivity index (χ1) is 5.29. The topological polar surface area (TPSA) is 17.3 Å². The van der Waals surface area contributed by atoms with E-state index in [1.807, 2.05) is 0 Å². The van der Waals surface area contributed by atoms with Crippen molar-refractivity contribution >= 4 is 17.1 Å². The Hall–Kier alpha value is -1.09. The van der Waals surface area contributed by atoms with E-state index in [1.165, 1.54) is 16.8 Å². The van der Waals surface area contributed by atoms with E-state index in [1.54, 1.807) is 12.3 Å². The van der Waals surface area contributed by atoms with Gasteiger partial charge in [0.2, 0.25) is 0 Å². The van der Waals surface area contributed by atoms with Gasteiger partial charge >= 0.3 is 0 Å². The molecule has 0 fully saturated rings. The van der Waals surface area contributed by atoms with E-state index in [0.29, 0.717) is 5.52 Å². The number of hydrogen-bond acceptors (Lipinski definition) is 1. The van der Waals surface area contributed by atoms with Gasteiger partial charge in [0.1, 0.15) is 5.52 Å². The van der Waals surface area contributed by atoms with Gasteiger partial charge in [-0.1, -0.05) is 11.6 Å². The molecule has 56 valence electrons. The summed E-state index contributed by atoms with van der Waals surface area (Å²) < 4.78 is 14.5. The Labute approximate surface area is 67.2 Å². The van der Waals surface area contributed by atoms with Crippen molar-refractivity contribution in [2.75, 3.05) is 0 Å². The van der Waals surface area contributed by atoms with Gasteiger partial charge in [-0.25, -0.2) is 8.91 Å². The molecular weight excluding hydrogens is 167 g/mol. The van der Waals surface area contributed by atoms with E-state index in [-0.39, 0.29) is 5.02 Å². The molecular formula is C7H4ClFN2. The molecule has 2 heterocycles. The van der Waals surface area contributed by atoms with E-state index in [9.17, 15) is 4.39 Å². The zero-order chi connectivity index (χ0) is 7.84. The molecule has 11 heavy (non-hydrogen) atoms. The predicted molar refractivity (Wildman–Crippen MR) is 40.2 cm³/mol. The molecule has 2 rings (SSSR count). The van der Waals surface area contributed by atoms with Crippen LogP contribution in [0.4, 0.5) is 4.39 Å². The normalized spacial score (nSPS) is 10.7. The van der Waals surface area contributed by atoms with Crippen LogP contribution < -0.4 is 0 Å². The monoisotopic (exact) mass is 170 g/mol. The number of aromatic nitrogens is 2. The second kappa shape index (κ2) is 2.20. The van der Waals surface area contributed by atoms with Gasteiger partial charge in [0, 0.05) is 6.20 Å². The zero-order valence-corrected chi connectivity index (χ0v) is 6.22. The van der Waals surface area contributed by atoms with Crippen molar-refractivity contribution in [1.82, 2.24) is 9.61 Å². The standard InChI is InChI=1S/C7H4ClFN2/c8-5-2-4-11-6(7(5)9)1-3-10-11/h1-4H. The van der Waals surface area contributed by atoms with Gasteiger partial charge in [-0.2, -0.15) is 5.10 Å². The fourth-order valence-electron chi connectivity index (χ4n) is 0.938. The summed E-state index contributed by atoms with van der Waals surface area (Å²) in [5, 5.41) is 3.96. The quantitative estimate of drug-likeness (QED) is 0.592. The Bertz CT molecular complexity index is 396. The Kier molecular flexibility index (Phi) is 1.32. The molecule has 0 aliphatic rings. The van der Waals surface area contributed by atoms with Crippen LogP contribution in [0.3, 0.4) is 0 Å². The van der Waals surface area contributed by atoms with Gasteiger partial charge in [0.15, 0.2) is 5.82 Å². The highest BCUT2D eigenvalue weighted by Gasteiger charge is 2.04. The van der Waals surface area contributed by atoms with Crippen molar-refractivity contribution in [2.45, 2.75) is 0 Å². The third kappa shape index (κ3) is 0.886. The van der Waals surface area contributed by atoms with Crippen molar-refractivity contribution in [3.05, 3.63) is 35.4 Å². The largest absolute Gasteiger partial charge is 0.238 e. The smallest absolute Gasteiger partial charge is 0.167 e. The number of rotatable bonds is 0. The Morgan fingerprint density at radius 2 is 2.27 bits per heavy atom. The van der Waals surface area contributed by atoms with Gasteiger partial charge in [-0.05, 0) is 12.1 Å². The van der Waals surface area contributed by atoms with Gasteiger partial charge < -0.3 is 0 Å². The van der Waals surface area contributed by atoms with Crippen LogP contribution in [-0.2, 0) is 0 Å². The van der Waals surface area contributed by atoms with Crippen molar-refractivity contribution in [3.8, 4) is 0 Å².